The van der Waals surface area contributed by atoms with Crippen molar-refractivity contribution >= 4 is 34.4 Å². The minimum atomic E-state index is -0.569. The van der Waals surface area contributed by atoms with Crippen molar-refractivity contribution in [2.24, 2.45) is 7.05 Å². The van der Waals surface area contributed by atoms with E-state index in [1.165, 1.54) is 0 Å². The molecule has 2 aromatic rings. The molecular weight excluding hydrogens is 354 g/mol. The molecule has 1 aliphatic rings. The summed E-state index contributed by atoms with van der Waals surface area (Å²) in [4.78, 5) is 30.8. The number of anilines is 2. The first-order valence-electron chi connectivity index (χ1n) is 8.39. The Labute approximate surface area is 156 Å². The number of hydrogen-bond donors (Lipinski definition) is 2. The van der Waals surface area contributed by atoms with Gasteiger partial charge in [-0.3, -0.25) is 19.7 Å². The summed E-state index contributed by atoms with van der Waals surface area (Å²) in [7, 11) is 1.80. The second-order valence-electron chi connectivity index (χ2n) is 7.37. The Morgan fingerprint density at radius 1 is 1.38 bits per heavy atom. The molecule has 140 valence electrons. The van der Waals surface area contributed by atoms with Crippen LogP contribution in [0, 0.1) is 6.92 Å². The maximum atomic E-state index is 12.6. The molecule has 0 aliphatic carbocycles. The molecule has 3 heterocycles. The fourth-order valence-corrected chi connectivity index (χ4v) is 3.51. The first kappa shape index (κ1) is 18.3. The number of nitrogens with zero attached hydrogens (tertiary/aromatic N) is 5. The summed E-state index contributed by atoms with van der Waals surface area (Å²) in [5.41, 5.74) is 0.658. The first-order chi connectivity index (χ1) is 12.1. The van der Waals surface area contributed by atoms with Crippen LogP contribution in [0.3, 0.4) is 0 Å². The van der Waals surface area contributed by atoms with Crippen LogP contribution >= 0.6 is 11.5 Å². The van der Waals surface area contributed by atoms with Gasteiger partial charge in [0, 0.05) is 36.6 Å². The van der Waals surface area contributed by atoms with Crippen LogP contribution in [-0.2, 0) is 17.3 Å². The highest BCUT2D eigenvalue weighted by Gasteiger charge is 2.35. The van der Waals surface area contributed by atoms with Gasteiger partial charge >= 0.3 is 6.03 Å². The highest BCUT2D eigenvalue weighted by Crippen LogP contribution is 2.24. The predicted octanol–water partition coefficient (Wildman–Crippen LogP) is 1.80. The summed E-state index contributed by atoms with van der Waals surface area (Å²) < 4.78 is 5.93. The van der Waals surface area contributed by atoms with Crippen molar-refractivity contribution in [2.75, 3.05) is 16.8 Å². The third kappa shape index (κ3) is 3.69. The van der Waals surface area contributed by atoms with E-state index in [1.807, 2.05) is 33.8 Å². The van der Waals surface area contributed by atoms with Crippen LogP contribution in [0.15, 0.2) is 6.07 Å². The molecule has 10 heteroatoms. The van der Waals surface area contributed by atoms with Crippen LogP contribution in [0.5, 0.6) is 0 Å². The zero-order valence-corrected chi connectivity index (χ0v) is 16.3. The fourth-order valence-electron chi connectivity index (χ4n) is 2.76. The molecule has 1 aliphatic heterocycles. The van der Waals surface area contributed by atoms with Crippen LogP contribution in [-0.4, -0.2) is 43.7 Å². The van der Waals surface area contributed by atoms with Crippen molar-refractivity contribution in [3.63, 3.8) is 0 Å². The van der Waals surface area contributed by atoms with Gasteiger partial charge in [-0.25, -0.2) is 9.78 Å². The van der Waals surface area contributed by atoms with Crippen LogP contribution in [0.4, 0.5) is 15.7 Å². The largest absolute Gasteiger partial charge is 0.326 e. The standard InChI is InChI=1S/C16H23N7O2S/c1-9-8-11(22(5)20-9)23-7-6-10(12(23)24)17-14(25)19-15-18-13(21-26-15)16(2,3)4/h8,10H,6-7H2,1-5H3,(H2,17,18,19,21,25). The number of carbonyl (C=O) groups excluding carboxylic acids is 2. The first-order valence-corrected chi connectivity index (χ1v) is 9.16. The van der Waals surface area contributed by atoms with Crippen molar-refractivity contribution in [3.8, 4) is 0 Å². The van der Waals surface area contributed by atoms with Crippen LogP contribution < -0.4 is 15.5 Å². The van der Waals surface area contributed by atoms with E-state index in [4.69, 9.17) is 0 Å². The highest BCUT2D eigenvalue weighted by atomic mass is 32.1. The van der Waals surface area contributed by atoms with Crippen LogP contribution in [0.25, 0.3) is 0 Å². The Morgan fingerprint density at radius 2 is 2.12 bits per heavy atom. The van der Waals surface area contributed by atoms with Gasteiger partial charge in [0.15, 0.2) is 0 Å². The lowest BCUT2D eigenvalue weighted by Gasteiger charge is -2.17. The molecule has 0 spiro atoms. The molecule has 1 fully saturated rings. The van der Waals surface area contributed by atoms with Gasteiger partial charge in [0.25, 0.3) is 5.91 Å². The molecule has 1 unspecified atom stereocenters. The number of hydrogen-bond acceptors (Lipinski definition) is 6. The van der Waals surface area contributed by atoms with Crippen molar-refractivity contribution in [2.45, 2.75) is 45.6 Å². The van der Waals surface area contributed by atoms with Gasteiger partial charge in [0.1, 0.15) is 17.7 Å². The second-order valence-corrected chi connectivity index (χ2v) is 8.12. The van der Waals surface area contributed by atoms with E-state index in [-0.39, 0.29) is 11.3 Å². The lowest BCUT2D eigenvalue weighted by atomic mass is 9.96. The number of urea groups is 1. The molecule has 1 saturated heterocycles. The summed E-state index contributed by atoms with van der Waals surface area (Å²) in [6, 6.07) is 0.832. The average molecular weight is 377 g/mol. The van der Waals surface area contributed by atoms with E-state index >= 15 is 0 Å². The monoisotopic (exact) mass is 377 g/mol. The Kier molecular flexibility index (Phi) is 4.70. The minimum Gasteiger partial charge on any atom is -0.326 e. The zero-order valence-electron chi connectivity index (χ0n) is 15.5. The van der Waals surface area contributed by atoms with Crippen molar-refractivity contribution in [3.05, 3.63) is 17.6 Å². The molecule has 2 aromatic heterocycles. The number of aryl methyl sites for hydroxylation is 2. The Bertz CT molecular complexity index is 836. The van der Waals surface area contributed by atoms with Gasteiger partial charge in [-0.15, -0.1) is 0 Å². The number of nitrogens with one attached hydrogen (secondary N) is 2. The minimum absolute atomic E-state index is 0.143. The summed E-state index contributed by atoms with van der Waals surface area (Å²) in [5, 5.41) is 10.1. The number of rotatable bonds is 3. The van der Waals surface area contributed by atoms with Crippen molar-refractivity contribution in [1.82, 2.24) is 24.5 Å². The lowest BCUT2D eigenvalue weighted by molar-refractivity contribution is -0.118. The SMILES string of the molecule is Cc1cc(N2CCC(NC(=O)Nc3nc(C(C)(C)C)ns3)C2=O)n(C)n1. The van der Waals surface area contributed by atoms with E-state index in [9.17, 15) is 9.59 Å². The van der Waals surface area contributed by atoms with E-state index in [1.54, 1.807) is 16.6 Å². The quantitative estimate of drug-likeness (QED) is 0.849. The Morgan fingerprint density at radius 3 is 2.69 bits per heavy atom. The molecule has 26 heavy (non-hydrogen) atoms. The molecule has 3 amide bonds. The molecule has 0 radical (unpaired) electrons. The van der Waals surface area contributed by atoms with E-state index in [0.717, 1.165) is 23.0 Å². The molecule has 9 nitrogen and oxygen atoms in total. The second kappa shape index (κ2) is 6.67. The highest BCUT2D eigenvalue weighted by molar-refractivity contribution is 7.09. The fraction of sp³-hybridized carbons (Fsp3) is 0.562. The third-order valence-corrected chi connectivity index (χ3v) is 4.71. The maximum absolute atomic E-state index is 12.6. The van der Waals surface area contributed by atoms with Gasteiger partial charge in [-0.05, 0) is 13.3 Å². The number of aromatic nitrogens is 4. The zero-order chi connectivity index (χ0) is 19.1. The average Bonchev–Trinajstić information content (AvgIpc) is 3.20. The number of amides is 3. The third-order valence-electron chi connectivity index (χ3n) is 4.08. The molecule has 2 N–H and O–H groups in total. The topological polar surface area (TPSA) is 105 Å². The molecule has 0 bridgehead atoms. The Balaban J connectivity index is 1.61. The van der Waals surface area contributed by atoms with Crippen LogP contribution in [0.1, 0.15) is 38.7 Å². The van der Waals surface area contributed by atoms with Gasteiger partial charge in [-0.2, -0.15) is 9.47 Å². The molecule has 0 saturated carbocycles. The van der Waals surface area contributed by atoms with Gasteiger partial charge in [-0.1, -0.05) is 20.8 Å². The Hall–Kier alpha value is -2.49. The maximum Gasteiger partial charge on any atom is 0.321 e. The van der Waals surface area contributed by atoms with E-state index in [0.29, 0.717) is 23.9 Å². The molecule has 0 aromatic carbocycles. The molecular formula is C16H23N7O2S. The van der Waals surface area contributed by atoms with Gasteiger partial charge < -0.3 is 5.32 Å². The van der Waals surface area contributed by atoms with Gasteiger partial charge in [0.05, 0.1) is 5.69 Å². The van der Waals surface area contributed by atoms with Crippen molar-refractivity contribution in [1.29, 1.82) is 0 Å². The lowest BCUT2D eigenvalue weighted by Crippen LogP contribution is -2.43. The summed E-state index contributed by atoms with van der Waals surface area (Å²) in [6.07, 6.45) is 0.542. The van der Waals surface area contributed by atoms with Crippen molar-refractivity contribution < 1.29 is 9.59 Å². The summed E-state index contributed by atoms with van der Waals surface area (Å²) >= 11 is 1.13. The van der Waals surface area contributed by atoms with Crippen LogP contribution in [0.2, 0.25) is 0 Å². The van der Waals surface area contributed by atoms with E-state index in [2.05, 4.69) is 25.1 Å². The van der Waals surface area contributed by atoms with E-state index < -0.39 is 12.1 Å². The summed E-state index contributed by atoms with van der Waals surface area (Å²) in [6.45, 7) is 8.43. The number of carbonyl (C=O) groups is 2. The smallest absolute Gasteiger partial charge is 0.321 e. The van der Waals surface area contributed by atoms with Gasteiger partial charge in [0.2, 0.25) is 5.13 Å². The normalized spacial score (nSPS) is 17.7. The molecule has 1 atom stereocenters. The molecule has 3 rings (SSSR count). The predicted molar refractivity (Wildman–Crippen MR) is 99.5 cm³/mol. The summed E-state index contributed by atoms with van der Waals surface area (Å²) in [5.74, 6) is 1.26.